The fourth-order valence-electron chi connectivity index (χ4n) is 2.08. The van der Waals surface area contributed by atoms with Gasteiger partial charge in [-0.1, -0.05) is 30.3 Å². The summed E-state index contributed by atoms with van der Waals surface area (Å²) in [5, 5.41) is 4.33. The molecule has 0 radical (unpaired) electrons. The van der Waals surface area contributed by atoms with Crippen molar-refractivity contribution in [2.75, 3.05) is 14.1 Å². The van der Waals surface area contributed by atoms with Crippen LogP contribution in [0.2, 0.25) is 0 Å². The van der Waals surface area contributed by atoms with Crippen molar-refractivity contribution in [3.8, 4) is 17.1 Å². The highest BCUT2D eigenvalue weighted by atomic mass is 15.3. The molecular formula is C17H17N5. The molecule has 5 nitrogen and oxygen atoms in total. The number of hydrogen-bond donors (Lipinski definition) is 0. The van der Waals surface area contributed by atoms with Crippen molar-refractivity contribution in [2.45, 2.75) is 0 Å². The molecule has 0 atom stereocenters. The van der Waals surface area contributed by atoms with Gasteiger partial charge < -0.3 is 4.90 Å². The van der Waals surface area contributed by atoms with Gasteiger partial charge in [-0.3, -0.25) is 0 Å². The second kappa shape index (κ2) is 6.22. The van der Waals surface area contributed by atoms with Gasteiger partial charge in [-0.25, -0.2) is 14.7 Å². The van der Waals surface area contributed by atoms with Crippen LogP contribution in [-0.4, -0.2) is 40.1 Å². The van der Waals surface area contributed by atoms with E-state index in [9.17, 15) is 0 Å². The normalized spacial score (nSPS) is 11.0. The fourth-order valence-corrected chi connectivity index (χ4v) is 2.08. The average molecular weight is 291 g/mol. The van der Waals surface area contributed by atoms with Crippen LogP contribution >= 0.6 is 0 Å². The minimum absolute atomic E-state index is 0.824. The molecule has 0 fully saturated rings. The highest BCUT2D eigenvalue weighted by Crippen LogP contribution is 2.21. The molecule has 0 saturated carbocycles. The minimum Gasteiger partial charge on any atom is -0.369 e. The molecule has 0 amide bonds. The minimum atomic E-state index is 0.824. The van der Waals surface area contributed by atoms with E-state index in [0.29, 0.717) is 0 Å². The molecule has 22 heavy (non-hydrogen) atoms. The maximum absolute atomic E-state index is 4.36. The summed E-state index contributed by atoms with van der Waals surface area (Å²) in [5.74, 6) is 0.824. The van der Waals surface area contributed by atoms with E-state index in [2.05, 4.69) is 15.1 Å². The van der Waals surface area contributed by atoms with Crippen LogP contribution < -0.4 is 0 Å². The molecule has 0 aliphatic carbocycles. The summed E-state index contributed by atoms with van der Waals surface area (Å²) < 4.78 is 1.83. The van der Waals surface area contributed by atoms with Crippen LogP contribution in [0, 0.1) is 0 Å². The van der Waals surface area contributed by atoms with E-state index in [1.165, 1.54) is 0 Å². The van der Waals surface area contributed by atoms with Crippen LogP contribution in [0.1, 0.15) is 0 Å². The third kappa shape index (κ3) is 3.03. The zero-order valence-electron chi connectivity index (χ0n) is 12.6. The highest BCUT2D eigenvalue weighted by molar-refractivity contribution is 5.62. The first-order valence-corrected chi connectivity index (χ1v) is 7.00. The van der Waals surface area contributed by atoms with Crippen molar-refractivity contribution in [1.82, 2.24) is 19.7 Å². The summed E-state index contributed by atoms with van der Waals surface area (Å²) >= 11 is 0. The number of aliphatic imine (C=N–C) groups is 1. The summed E-state index contributed by atoms with van der Waals surface area (Å²) in [7, 11) is 3.89. The first kappa shape index (κ1) is 14.0. The fraction of sp³-hybridized carbons (Fsp3) is 0.118. The molecule has 0 N–H and O–H groups in total. The van der Waals surface area contributed by atoms with Crippen LogP contribution in [-0.2, 0) is 0 Å². The second-order valence-corrected chi connectivity index (χ2v) is 5.09. The van der Waals surface area contributed by atoms with Gasteiger partial charge >= 0.3 is 0 Å². The van der Waals surface area contributed by atoms with E-state index in [1.807, 2.05) is 78.3 Å². The lowest BCUT2D eigenvalue weighted by atomic mass is 10.2. The Morgan fingerprint density at radius 1 is 1.00 bits per heavy atom. The number of hydrogen-bond acceptors (Lipinski definition) is 3. The van der Waals surface area contributed by atoms with Gasteiger partial charge in [-0.15, -0.1) is 0 Å². The SMILES string of the molecule is CN(C)C=Nc1ccc(-n2ncnc2-c2ccccc2)cc1. The Bertz CT molecular complexity index is 757. The van der Waals surface area contributed by atoms with E-state index < -0.39 is 0 Å². The van der Waals surface area contributed by atoms with Gasteiger partial charge in [0.15, 0.2) is 5.82 Å². The molecule has 110 valence electrons. The third-order valence-electron chi connectivity index (χ3n) is 3.11. The standard InChI is InChI=1S/C17H17N5/c1-21(2)13-19-15-8-10-16(11-9-15)22-17(18-12-20-22)14-6-4-3-5-7-14/h3-13H,1-2H3. The summed E-state index contributed by atoms with van der Waals surface area (Å²) in [6.07, 6.45) is 3.35. The Balaban J connectivity index is 1.91. The first-order valence-electron chi connectivity index (χ1n) is 7.00. The van der Waals surface area contributed by atoms with E-state index in [0.717, 1.165) is 22.8 Å². The maximum atomic E-state index is 4.36. The van der Waals surface area contributed by atoms with Gasteiger partial charge in [-0.2, -0.15) is 5.10 Å². The van der Waals surface area contributed by atoms with Crippen molar-refractivity contribution < 1.29 is 0 Å². The van der Waals surface area contributed by atoms with E-state index >= 15 is 0 Å². The van der Waals surface area contributed by atoms with Gasteiger partial charge in [0.25, 0.3) is 0 Å². The van der Waals surface area contributed by atoms with Crippen LogP contribution in [0.25, 0.3) is 17.1 Å². The van der Waals surface area contributed by atoms with Crippen LogP contribution in [0.15, 0.2) is 65.9 Å². The molecule has 1 heterocycles. The van der Waals surface area contributed by atoms with E-state index in [1.54, 1.807) is 12.7 Å². The van der Waals surface area contributed by atoms with Crippen molar-refractivity contribution in [2.24, 2.45) is 4.99 Å². The van der Waals surface area contributed by atoms with Gasteiger partial charge in [0, 0.05) is 19.7 Å². The van der Waals surface area contributed by atoms with Crippen molar-refractivity contribution in [3.63, 3.8) is 0 Å². The van der Waals surface area contributed by atoms with E-state index in [4.69, 9.17) is 0 Å². The van der Waals surface area contributed by atoms with Gasteiger partial charge in [0.1, 0.15) is 6.33 Å². The maximum Gasteiger partial charge on any atom is 0.163 e. The predicted molar refractivity (Wildman–Crippen MR) is 88.6 cm³/mol. The number of benzene rings is 2. The second-order valence-electron chi connectivity index (χ2n) is 5.09. The van der Waals surface area contributed by atoms with Crippen LogP contribution in [0.5, 0.6) is 0 Å². The molecule has 3 aromatic rings. The molecule has 0 bridgehead atoms. The molecule has 0 aliphatic heterocycles. The zero-order valence-corrected chi connectivity index (χ0v) is 12.6. The monoisotopic (exact) mass is 291 g/mol. The molecular weight excluding hydrogens is 274 g/mol. The average Bonchev–Trinajstić information content (AvgIpc) is 3.04. The molecule has 0 aliphatic rings. The van der Waals surface area contributed by atoms with Crippen LogP contribution in [0.3, 0.4) is 0 Å². The molecule has 2 aromatic carbocycles. The molecule has 5 heteroatoms. The van der Waals surface area contributed by atoms with Crippen molar-refractivity contribution in [3.05, 3.63) is 60.9 Å². The molecule has 3 rings (SSSR count). The van der Waals surface area contributed by atoms with Crippen LogP contribution in [0.4, 0.5) is 5.69 Å². The molecule has 1 aromatic heterocycles. The summed E-state index contributed by atoms with van der Waals surface area (Å²) in [6.45, 7) is 0. The van der Waals surface area contributed by atoms with Gasteiger partial charge in [-0.05, 0) is 24.3 Å². The van der Waals surface area contributed by atoms with Gasteiger partial charge in [0.05, 0.1) is 17.7 Å². The van der Waals surface area contributed by atoms with Gasteiger partial charge in [0.2, 0.25) is 0 Å². The highest BCUT2D eigenvalue weighted by Gasteiger charge is 2.08. The predicted octanol–water partition coefficient (Wildman–Crippen LogP) is 3.16. The molecule has 0 spiro atoms. The largest absolute Gasteiger partial charge is 0.369 e. The van der Waals surface area contributed by atoms with Crippen molar-refractivity contribution >= 4 is 12.0 Å². The zero-order chi connectivity index (χ0) is 15.4. The summed E-state index contributed by atoms with van der Waals surface area (Å²) in [4.78, 5) is 10.6. The lowest BCUT2D eigenvalue weighted by Crippen LogP contribution is -2.06. The summed E-state index contributed by atoms with van der Waals surface area (Å²) in [5.41, 5.74) is 2.90. The Labute approximate surface area is 129 Å². The smallest absolute Gasteiger partial charge is 0.163 e. The van der Waals surface area contributed by atoms with Crippen molar-refractivity contribution in [1.29, 1.82) is 0 Å². The lowest BCUT2D eigenvalue weighted by molar-refractivity contribution is 0.643. The topological polar surface area (TPSA) is 46.3 Å². The molecule has 0 saturated heterocycles. The Hall–Kier alpha value is -2.95. The number of nitrogens with zero attached hydrogens (tertiary/aromatic N) is 5. The quantitative estimate of drug-likeness (QED) is 0.548. The lowest BCUT2D eigenvalue weighted by Gasteiger charge is -2.07. The Morgan fingerprint density at radius 2 is 1.73 bits per heavy atom. The summed E-state index contributed by atoms with van der Waals surface area (Å²) in [6, 6.07) is 17.9. The first-order chi connectivity index (χ1) is 10.7. The third-order valence-corrected chi connectivity index (χ3v) is 3.11. The van der Waals surface area contributed by atoms with E-state index in [-0.39, 0.29) is 0 Å². The Morgan fingerprint density at radius 3 is 2.41 bits per heavy atom. The number of rotatable bonds is 4. The number of aromatic nitrogens is 3. The Kier molecular flexibility index (Phi) is 3.96. The molecule has 0 unspecified atom stereocenters.